The van der Waals surface area contributed by atoms with E-state index in [9.17, 15) is 14.2 Å². The number of rotatable bonds is 19. The van der Waals surface area contributed by atoms with Gasteiger partial charge in [-0.05, 0) is 37.1 Å². The van der Waals surface area contributed by atoms with Gasteiger partial charge in [0.2, 0.25) is 0 Å². The van der Waals surface area contributed by atoms with Crippen LogP contribution in [0, 0.1) is 0 Å². The highest BCUT2D eigenvalue weighted by Gasteiger charge is 2.28. The molecule has 0 atom stereocenters. The van der Waals surface area contributed by atoms with E-state index >= 15 is 0 Å². The summed E-state index contributed by atoms with van der Waals surface area (Å²) < 4.78 is 19.8. The maximum absolute atomic E-state index is 13.8. The van der Waals surface area contributed by atoms with Gasteiger partial charge in [0, 0.05) is 22.6 Å². The van der Waals surface area contributed by atoms with Crippen molar-refractivity contribution in [2.45, 2.75) is 77.0 Å². The van der Waals surface area contributed by atoms with Gasteiger partial charge in [0.1, 0.15) is 5.78 Å². The van der Waals surface area contributed by atoms with Crippen molar-refractivity contribution >= 4 is 29.5 Å². The fourth-order valence-electron chi connectivity index (χ4n) is 4.57. The van der Waals surface area contributed by atoms with Crippen LogP contribution in [0.5, 0.6) is 0 Å². The Bertz CT molecular complexity index is 1090. The van der Waals surface area contributed by atoms with Crippen molar-refractivity contribution < 1.29 is 18.7 Å². The quantitative estimate of drug-likeness (QED) is 0.0678. The van der Waals surface area contributed by atoms with Gasteiger partial charge >= 0.3 is 0 Å². The van der Waals surface area contributed by atoms with E-state index in [0.717, 1.165) is 49.1 Å². The predicted molar refractivity (Wildman–Crippen MR) is 157 cm³/mol. The van der Waals surface area contributed by atoms with E-state index in [1.807, 2.05) is 78.9 Å². The largest absolute Gasteiger partial charge is 0.322 e. The normalized spacial score (nSPS) is 11.4. The number of hydrogen-bond donors (Lipinski definition) is 0. The minimum Gasteiger partial charge on any atom is -0.322 e. The van der Waals surface area contributed by atoms with Crippen molar-refractivity contribution in [3.8, 4) is 0 Å². The van der Waals surface area contributed by atoms with Crippen molar-refractivity contribution in [2.75, 3.05) is 6.61 Å². The average Bonchev–Trinajstić information content (AvgIpc) is 2.96. The van der Waals surface area contributed by atoms with Crippen LogP contribution in [0.3, 0.4) is 0 Å². The van der Waals surface area contributed by atoms with Gasteiger partial charge in [0.05, 0.1) is 13.0 Å². The summed E-state index contributed by atoms with van der Waals surface area (Å²) in [6, 6.07) is 28.1. The first-order chi connectivity index (χ1) is 18.6. The number of carbonyl (C=O) groups is 2. The topological polar surface area (TPSA) is 60.4 Å². The number of benzene rings is 3. The molecular weight excluding hydrogens is 491 g/mol. The molecule has 0 amide bonds. The molecule has 0 aromatic heterocycles. The summed E-state index contributed by atoms with van der Waals surface area (Å²) in [6.07, 6.45) is 11.6. The Balaban J connectivity index is 1.19. The summed E-state index contributed by atoms with van der Waals surface area (Å²) in [7, 11) is -3.07. The number of Topliss-reactive ketones (excluding diaryl/α,β-unsaturated/α-hetero) is 2. The maximum atomic E-state index is 13.8. The molecule has 0 aliphatic rings. The molecule has 38 heavy (non-hydrogen) atoms. The third-order valence-corrected chi connectivity index (χ3v) is 9.27. The molecule has 0 unspecified atom stereocenters. The highest BCUT2D eigenvalue weighted by Crippen LogP contribution is 2.44. The Morgan fingerprint density at radius 3 is 1.47 bits per heavy atom. The monoisotopic (exact) mass is 532 g/mol. The van der Waals surface area contributed by atoms with E-state index in [0.29, 0.717) is 18.6 Å². The standard InChI is InChI=1S/C33H41O4P/c34-30(28-33(35)29-20-12-9-13-21-29)22-14-7-5-3-1-2-4-6-8-19-27-37-38(36,31-23-15-10-16-24-31)32-25-17-11-18-26-32/h9-13,15-18,20-21,23-26H,1-8,14,19,22,27-28H2. The van der Waals surface area contributed by atoms with Crippen molar-refractivity contribution in [2.24, 2.45) is 0 Å². The summed E-state index contributed by atoms with van der Waals surface area (Å²) in [6.45, 7) is 0.497. The van der Waals surface area contributed by atoms with E-state index in [-0.39, 0.29) is 18.0 Å². The van der Waals surface area contributed by atoms with Crippen LogP contribution < -0.4 is 10.6 Å². The zero-order valence-corrected chi connectivity index (χ0v) is 23.3. The van der Waals surface area contributed by atoms with Gasteiger partial charge in [-0.2, -0.15) is 0 Å². The van der Waals surface area contributed by atoms with Crippen LogP contribution in [0.2, 0.25) is 0 Å². The van der Waals surface area contributed by atoms with E-state index < -0.39 is 7.37 Å². The Labute approximate surface area is 228 Å². The molecule has 0 aliphatic carbocycles. The van der Waals surface area contributed by atoms with Gasteiger partial charge in [-0.3, -0.25) is 14.2 Å². The third-order valence-electron chi connectivity index (χ3n) is 6.77. The summed E-state index contributed by atoms with van der Waals surface area (Å²) in [5.74, 6) is -0.0321. The molecule has 0 spiro atoms. The number of hydrogen-bond acceptors (Lipinski definition) is 4. The average molecular weight is 533 g/mol. The Morgan fingerprint density at radius 1 is 0.553 bits per heavy atom. The van der Waals surface area contributed by atoms with Gasteiger partial charge in [0.25, 0.3) is 7.37 Å². The molecule has 4 nitrogen and oxygen atoms in total. The van der Waals surface area contributed by atoms with E-state index in [1.54, 1.807) is 12.1 Å². The lowest BCUT2D eigenvalue weighted by molar-refractivity contribution is -0.118. The molecule has 0 radical (unpaired) electrons. The molecule has 5 heteroatoms. The Kier molecular flexibility index (Phi) is 13.2. The lowest BCUT2D eigenvalue weighted by Gasteiger charge is -2.19. The van der Waals surface area contributed by atoms with Gasteiger partial charge in [0.15, 0.2) is 5.78 Å². The Morgan fingerprint density at radius 2 is 0.974 bits per heavy atom. The highest BCUT2D eigenvalue weighted by atomic mass is 31.2. The van der Waals surface area contributed by atoms with Gasteiger partial charge in [-0.1, -0.05) is 118 Å². The summed E-state index contributed by atoms with van der Waals surface area (Å²) >= 11 is 0. The highest BCUT2D eigenvalue weighted by molar-refractivity contribution is 7.74. The molecule has 0 heterocycles. The summed E-state index contributed by atoms with van der Waals surface area (Å²) in [5.41, 5.74) is 0.618. The molecule has 202 valence electrons. The second kappa shape index (κ2) is 16.9. The van der Waals surface area contributed by atoms with Crippen LogP contribution >= 0.6 is 7.37 Å². The molecule has 0 bridgehead atoms. The molecular formula is C33H41O4P. The summed E-state index contributed by atoms with van der Waals surface area (Å²) in [4.78, 5) is 24.2. The van der Waals surface area contributed by atoms with Crippen LogP contribution in [0.25, 0.3) is 0 Å². The van der Waals surface area contributed by atoms with Crippen LogP contribution in [0.4, 0.5) is 0 Å². The lowest BCUT2D eigenvalue weighted by Crippen LogP contribution is -2.18. The number of carbonyl (C=O) groups excluding carboxylic acids is 2. The molecule has 3 aromatic carbocycles. The second-order valence-electron chi connectivity index (χ2n) is 9.85. The van der Waals surface area contributed by atoms with Crippen molar-refractivity contribution in [1.29, 1.82) is 0 Å². The number of unbranched alkanes of at least 4 members (excludes halogenated alkanes) is 9. The fraction of sp³-hybridized carbons (Fsp3) is 0.394. The van der Waals surface area contributed by atoms with Crippen molar-refractivity contribution in [3.05, 3.63) is 96.6 Å². The second-order valence-corrected chi connectivity index (χ2v) is 12.2. The van der Waals surface area contributed by atoms with E-state index in [2.05, 4.69) is 0 Å². The Hall–Kier alpha value is -2.81. The summed E-state index contributed by atoms with van der Waals surface area (Å²) in [5, 5.41) is 1.49. The molecule has 0 fully saturated rings. The zero-order chi connectivity index (χ0) is 26.9. The minimum absolute atomic E-state index is 0.0190. The van der Waals surface area contributed by atoms with Crippen LogP contribution in [-0.4, -0.2) is 18.2 Å². The predicted octanol–water partition coefficient (Wildman–Crippen LogP) is 8.07. The van der Waals surface area contributed by atoms with Crippen LogP contribution in [-0.2, 0) is 13.9 Å². The van der Waals surface area contributed by atoms with Gasteiger partial charge in [-0.15, -0.1) is 0 Å². The molecule has 0 N–H and O–H groups in total. The van der Waals surface area contributed by atoms with Crippen molar-refractivity contribution in [1.82, 2.24) is 0 Å². The third kappa shape index (κ3) is 10.2. The molecule has 0 saturated carbocycles. The molecule has 0 aliphatic heterocycles. The first kappa shape index (κ1) is 29.7. The molecule has 3 rings (SSSR count). The number of ketones is 2. The molecule has 0 saturated heterocycles. The van der Waals surface area contributed by atoms with E-state index in [1.165, 1.54) is 25.7 Å². The van der Waals surface area contributed by atoms with E-state index in [4.69, 9.17) is 4.52 Å². The first-order valence-corrected chi connectivity index (χ1v) is 15.7. The van der Waals surface area contributed by atoms with Crippen LogP contribution in [0.1, 0.15) is 87.4 Å². The minimum atomic E-state index is -3.07. The zero-order valence-electron chi connectivity index (χ0n) is 22.4. The van der Waals surface area contributed by atoms with Crippen LogP contribution in [0.15, 0.2) is 91.0 Å². The fourth-order valence-corrected chi connectivity index (χ4v) is 6.68. The smallest absolute Gasteiger partial charge is 0.261 e. The maximum Gasteiger partial charge on any atom is 0.261 e. The van der Waals surface area contributed by atoms with Gasteiger partial charge in [-0.25, -0.2) is 0 Å². The lowest BCUT2D eigenvalue weighted by atomic mass is 10.0. The van der Waals surface area contributed by atoms with Crippen molar-refractivity contribution in [3.63, 3.8) is 0 Å². The SMILES string of the molecule is O=C(CCCCCCCCCCCCOP(=O)(c1ccccc1)c1ccccc1)CC(=O)c1ccccc1. The van der Waals surface area contributed by atoms with Gasteiger partial charge < -0.3 is 4.52 Å². The first-order valence-electron chi connectivity index (χ1n) is 14.1. The molecule has 3 aromatic rings.